The number of aromatic amines is 1. The zero-order chi connectivity index (χ0) is 18.5. The molecular weight excluding hydrogens is 340 g/mol. The van der Waals surface area contributed by atoms with E-state index in [0.29, 0.717) is 0 Å². The summed E-state index contributed by atoms with van der Waals surface area (Å²) in [4.78, 5) is 23.1. The van der Waals surface area contributed by atoms with E-state index in [0.717, 1.165) is 55.0 Å². The van der Waals surface area contributed by atoms with E-state index < -0.39 is 0 Å². The van der Waals surface area contributed by atoms with Crippen molar-refractivity contribution in [3.8, 4) is 11.3 Å². The van der Waals surface area contributed by atoms with Crippen LogP contribution in [0.1, 0.15) is 18.4 Å². The highest BCUT2D eigenvalue weighted by atomic mass is 16.1. The summed E-state index contributed by atoms with van der Waals surface area (Å²) in [5, 5.41) is 9.99. The maximum Gasteiger partial charge on any atom is 0.227 e. The lowest BCUT2D eigenvalue weighted by atomic mass is 9.95. The number of nitrogens with one attached hydrogen (secondary N) is 2. The van der Waals surface area contributed by atoms with Crippen LogP contribution in [-0.4, -0.2) is 44.1 Å². The van der Waals surface area contributed by atoms with E-state index >= 15 is 0 Å². The molecule has 3 aromatic rings. The molecule has 1 aromatic carbocycles. The van der Waals surface area contributed by atoms with Crippen molar-refractivity contribution in [1.82, 2.24) is 25.1 Å². The molecule has 0 unspecified atom stereocenters. The topological polar surface area (TPSA) is 86.8 Å². The Hall–Kier alpha value is -3.06. The number of carbonyl (C=O) groups excluding carboxylic acids is 1. The van der Waals surface area contributed by atoms with Gasteiger partial charge in [0.25, 0.3) is 0 Å². The number of amides is 1. The average Bonchev–Trinajstić information content (AvgIpc) is 3.24. The first kappa shape index (κ1) is 17.4. The minimum absolute atomic E-state index is 0.0454. The van der Waals surface area contributed by atoms with E-state index in [2.05, 4.69) is 30.4 Å². The van der Waals surface area contributed by atoms with Crippen LogP contribution in [0.15, 0.2) is 55.2 Å². The van der Waals surface area contributed by atoms with E-state index in [4.69, 9.17) is 0 Å². The van der Waals surface area contributed by atoms with Crippen molar-refractivity contribution >= 4 is 11.6 Å². The fraction of sp³-hybridized carbons (Fsp3) is 0.300. The molecule has 2 aromatic heterocycles. The number of carbonyl (C=O) groups is 1. The van der Waals surface area contributed by atoms with Gasteiger partial charge in [0.05, 0.1) is 5.69 Å². The fourth-order valence-electron chi connectivity index (χ4n) is 3.45. The summed E-state index contributed by atoms with van der Waals surface area (Å²) in [5.41, 5.74) is 3.86. The molecule has 3 heterocycles. The Kier molecular flexibility index (Phi) is 5.20. The Morgan fingerprint density at radius 1 is 1.19 bits per heavy atom. The van der Waals surface area contributed by atoms with Gasteiger partial charge in [0, 0.05) is 47.9 Å². The van der Waals surface area contributed by atoms with Crippen LogP contribution in [0.5, 0.6) is 0 Å². The van der Waals surface area contributed by atoms with E-state index in [1.165, 1.54) is 0 Å². The second kappa shape index (κ2) is 8.09. The van der Waals surface area contributed by atoms with Gasteiger partial charge in [-0.15, -0.1) is 0 Å². The first-order chi connectivity index (χ1) is 13.3. The fourth-order valence-corrected chi connectivity index (χ4v) is 3.45. The van der Waals surface area contributed by atoms with Crippen LogP contribution in [-0.2, 0) is 11.3 Å². The first-order valence-electron chi connectivity index (χ1n) is 9.15. The van der Waals surface area contributed by atoms with Crippen LogP contribution in [0.4, 0.5) is 5.69 Å². The average molecular weight is 362 g/mol. The van der Waals surface area contributed by atoms with E-state index in [-0.39, 0.29) is 11.8 Å². The smallest absolute Gasteiger partial charge is 0.227 e. The van der Waals surface area contributed by atoms with Crippen LogP contribution in [0.2, 0.25) is 0 Å². The second-order valence-corrected chi connectivity index (χ2v) is 6.84. The number of piperidine rings is 1. The largest absolute Gasteiger partial charge is 0.326 e. The number of hydrogen-bond donors (Lipinski definition) is 2. The van der Waals surface area contributed by atoms with Crippen molar-refractivity contribution in [3.63, 3.8) is 0 Å². The minimum Gasteiger partial charge on any atom is -0.326 e. The van der Waals surface area contributed by atoms with Crippen molar-refractivity contribution < 1.29 is 4.79 Å². The van der Waals surface area contributed by atoms with Gasteiger partial charge in [-0.3, -0.25) is 14.8 Å². The highest BCUT2D eigenvalue weighted by Gasteiger charge is 2.25. The third kappa shape index (κ3) is 4.38. The zero-order valence-electron chi connectivity index (χ0n) is 15.0. The first-order valence-corrected chi connectivity index (χ1v) is 9.15. The highest BCUT2D eigenvalue weighted by Crippen LogP contribution is 2.23. The molecule has 1 aliphatic heterocycles. The molecule has 1 amide bonds. The summed E-state index contributed by atoms with van der Waals surface area (Å²) in [6.45, 7) is 2.64. The van der Waals surface area contributed by atoms with Crippen molar-refractivity contribution in [3.05, 3.63) is 60.8 Å². The summed E-state index contributed by atoms with van der Waals surface area (Å²) in [6.07, 6.45) is 8.67. The standard InChI is InChI=1S/C20H22N6O/c27-20(24-18-3-1-2-17(10-18)19-4-7-23-25-19)16-5-8-26(9-6-16)13-15-11-21-14-22-12-15/h1-4,7,10-12,14,16H,5-6,8-9,13H2,(H,23,25)(H,24,27). The molecule has 138 valence electrons. The van der Waals surface area contributed by atoms with E-state index in [9.17, 15) is 4.79 Å². The Labute approximate surface area is 157 Å². The van der Waals surface area contributed by atoms with Crippen molar-refractivity contribution in [2.24, 2.45) is 5.92 Å². The molecule has 1 aliphatic rings. The van der Waals surface area contributed by atoms with E-state index in [1.807, 2.05) is 42.7 Å². The maximum atomic E-state index is 12.7. The predicted octanol–water partition coefficient (Wildman–Crippen LogP) is 2.72. The minimum atomic E-state index is 0.0454. The molecule has 4 rings (SSSR count). The van der Waals surface area contributed by atoms with Crippen molar-refractivity contribution in [2.45, 2.75) is 19.4 Å². The summed E-state index contributed by atoms with van der Waals surface area (Å²) < 4.78 is 0. The van der Waals surface area contributed by atoms with Crippen LogP contribution in [0.25, 0.3) is 11.3 Å². The van der Waals surface area contributed by atoms with Gasteiger partial charge in [0.1, 0.15) is 6.33 Å². The summed E-state index contributed by atoms with van der Waals surface area (Å²) >= 11 is 0. The molecule has 0 saturated carbocycles. The molecular formula is C20H22N6O. The number of H-pyrrole nitrogens is 1. The summed E-state index contributed by atoms with van der Waals surface area (Å²) in [7, 11) is 0. The summed E-state index contributed by atoms with van der Waals surface area (Å²) in [6, 6.07) is 9.73. The summed E-state index contributed by atoms with van der Waals surface area (Å²) in [5.74, 6) is 0.142. The lowest BCUT2D eigenvalue weighted by Crippen LogP contribution is -2.37. The van der Waals surface area contributed by atoms with Crippen molar-refractivity contribution in [1.29, 1.82) is 0 Å². The number of nitrogens with zero attached hydrogens (tertiary/aromatic N) is 4. The lowest BCUT2D eigenvalue weighted by Gasteiger charge is -2.31. The second-order valence-electron chi connectivity index (χ2n) is 6.84. The number of aromatic nitrogens is 4. The van der Waals surface area contributed by atoms with Crippen LogP contribution in [0, 0.1) is 5.92 Å². The monoisotopic (exact) mass is 362 g/mol. The van der Waals surface area contributed by atoms with Gasteiger partial charge in [-0.25, -0.2) is 9.97 Å². The van der Waals surface area contributed by atoms with Crippen LogP contribution >= 0.6 is 0 Å². The number of rotatable bonds is 5. The number of hydrogen-bond acceptors (Lipinski definition) is 5. The molecule has 0 spiro atoms. The number of anilines is 1. The Balaban J connectivity index is 1.31. The molecule has 1 saturated heterocycles. The van der Waals surface area contributed by atoms with Crippen LogP contribution in [0.3, 0.4) is 0 Å². The Bertz CT molecular complexity index is 873. The van der Waals surface area contributed by atoms with Gasteiger partial charge < -0.3 is 5.32 Å². The van der Waals surface area contributed by atoms with Gasteiger partial charge in [-0.05, 0) is 44.1 Å². The van der Waals surface area contributed by atoms with Gasteiger partial charge in [0.15, 0.2) is 0 Å². The molecule has 1 fully saturated rings. The molecule has 0 atom stereocenters. The predicted molar refractivity (Wildman–Crippen MR) is 103 cm³/mol. The quantitative estimate of drug-likeness (QED) is 0.729. The number of benzene rings is 1. The molecule has 0 bridgehead atoms. The molecule has 27 heavy (non-hydrogen) atoms. The Morgan fingerprint density at radius 3 is 2.74 bits per heavy atom. The van der Waals surface area contributed by atoms with Crippen molar-refractivity contribution in [2.75, 3.05) is 18.4 Å². The van der Waals surface area contributed by atoms with Gasteiger partial charge in [-0.1, -0.05) is 12.1 Å². The Morgan fingerprint density at radius 2 is 2.00 bits per heavy atom. The highest BCUT2D eigenvalue weighted by molar-refractivity contribution is 5.93. The maximum absolute atomic E-state index is 12.7. The van der Waals surface area contributed by atoms with Gasteiger partial charge in [-0.2, -0.15) is 5.10 Å². The third-order valence-electron chi connectivity index (χ3n) is 4.92. The molecule has 0 radical (unpaired) electrons. The lowest BCUT2D eigenvalue weighted by molar-refractivity contribution is -0.121. The van der Waals surface area contributed by atoms with Gasteiger partial charge in [0.2, 0.25) is 5.91 Å². The zero-order valence-corrected chi connectivity index (χ0v) is 15.0. The third-order valence-corrected chi connectivity index (χ3v) is 4.92. The van der Waals surface area contributed by atoms with Crippen LogP contribution < -0.4 is 5.32 Å². The van der Waals surface area contributed by atoms with Gasteiger partial charge >= 0.3 is 0 Å². The number of likely N-dealkylation sites (tertiary alicyclic amines) is 1. The molecule has 0 aliphatic carbocycles. The molecule has 2 N–H and O–H groups in total. The molecule has 7 nitrogen and oxygen atoms in total. The van der Waals surface area contributed by atoms with E-state index in [1.54, 1.807) is 12.5 Å². The normalized spacial score (nSPS) is 15.6. The molecule has 7 heteroatoms. The SMILES string of the molecule is O=C(Nc1cccc(-c2ccn[nH]2)c1)C1CCN(Cc2cncnc2)CC1.